The fourth-order valence-electron chi connectivity index (χ4n) is 1.98. The second-order valence-electron chi connectivity index (χ2n) is 5.35. The average Bonchev–Trinajstić information content (AvgIpc) is 2.61. The third-order valence-corrected chi connectivity index (χ3v) is 4.50. The van der Waals surface area contributed by atoms with Crippen molar-refractivity contribution < 1.29 is 35.4 Å². The van der Waals surface area contributed by atoms with E-state index >= 15 is 0 Å². The average molecular weight is 401 g/mol. The van der Waals surface area contributed by atoms with E-state index in [9.17, 15) is 26.4 Å². The second-order valence-corrected chi connectivity index (χ2v) is 6.88. The molecule has 10 heteroatoms. The van der Waals surface area contributed by atoms with Crippen molar-refractivity contribution in [3.63, 3.8) is 0 Å². The topological polar surface area (TPSA) is 82.0 Å². The molecule has 0 aliphatic heterocycles. The van der Waals surface area contributed by atoms with Gasteiger partial charge in [0.05, 0.1) is 12.7 Å². The SMILES string of the molecule is COC(=O)C(=NOS(=O)(=O)c1ccc(C)cc1)c1cccc(C(F)(F)F)c1. The first-order valence-corrected chi connectivity index (χ1v) is 8.79. The molecule has 0 saturated carbocycles. The second kappa shape index (κ2) is 7.78. The molecule has 0 unspecified atom stereocenters. The number of carbonyl (C=O) groups excluding carboxylic acids is 1. The summed E-state index contributed by atoms with van der Waals surface area (Å²) < 4.78 is 71.8. The van der Waals surface area contributed by atoms with Gasteiger partial charge in [0.25, 0.3) is 0 Å². The molecule has 0 spiro atoms. The van der Waals surface area contributed by atoms with Crippen LogP contribution in [-0.4, -0.2) is 27.2 Å². The Morgan fingerprint density at radius 1 is 1.07 bits per heavy atom. The molecule has 0 saturated heterocycles. The molecule has 27 heavy (non-hydrogen) atoms. The lowest BCUT2D eigenvalue weighted by atomic mass is 10.1. The lowest BCUT2D eigenvalue weighted by molar-refractivity contribution is -0.137. The summed E-state index contributed by atoms with van der Waals surface area (Å²) in [5, 5.41) is 3.25. The van der Waals surface area contributed by atoms with Gasteiger partial charge in [0.1, 0.15) is 4.90 Å². The Labute approximate surface area is 153 Å². The van der Waals surface area contributed by atoms with Crippen LogP contribution < -0.4 is 0 Å². The summed E-state index contributed by atoms with van der Waals surface area (Å²) in [7, 11) is -3.41. The van der Waals surface area contributed by atoms with Crippen LogP contribution in [0.25, 0.3) is 0 Å². The molecule has 0 aliphatic rings. The van der Waals surface area contributed by atoms with E-state index in [4.69, 9.17) is 0 Å². The number of hydrogen-bond donors (Lipinski definition) is 0. The number of methoxy groups -OCH3 is 1. The van der Waals surface area contributed by atoms with E-state index in [1.807, 2.05) is 0 Å². The van der Waals surface area contributed by atoms with Crippen LogP contribution in [0.15, 0.2) is 58.6 Å². The van der Waals surface area contributed by atoms with Crippen LogP contribution in [0.3, 0.4) is 0 Å². The van der Waals surface area contributed by atoms with Crippen molar-refractivity contribution in [3.8, 4) is 0 Å². The molecule has 0 atom stereocenters. The molecule has 2 aromatic rings. The number of alkyl halides is 3. The molecule has 0 radical (unpaired) electrons. The van der Waals surface area contributed by atoms with E-state index in [1.165, 1.54) is 24.3 Å². The van der Waals surface area contributed by atoms with E-state index in [2.05, 4.69) is 14.2 Å². The Bertz CT molecular complexity index is 967. The number of carbonyl (C=O) groups is 1. The minimum atomic E-state index is -4.66. The van der Waals surface area contributed by atoms with Gasteiger partial charge in [-0.25, -0.2) is 4.79 Å². The number of rotatable bonds is 5. The Morgan fingerprint density at radius 2 is 1.70 bits per heavy atom. The normalized spacial score (nSPS) is 12.6. The van der Waals surface area contributed by atoms with Crippen molar-refractivity contribution in [1.82, 2.24) is 0 Å². The quantitative estimate of drug-likeness (QED) is 0.436. The molecule has 2 rings (SSSR count). The van der Waals surface area contributed by atoms with Crippen LogP contribution in [0, 0.1) is 6.92 Å². The number of aryl methyl sites for hydroxylation is 1. The Balaban J connectivity index is 2.42. The molecule has 0 aliphatic carbocycles. The third kappa shape index (κ3) is 5.07. The molecule has 0 aromatic heterocycles. The highest BCUT2D eigenvalue weighted by Crippen LogP contribution is 2.29. The van der Waals surface area contributed by atoms with Gasteiger partial charge in [0, 0.05) is 5.56 Å². The fourth-order valence-corrected chi connectivity index (χ4v) is 2.71. The predicted molar refractivity (Wildman–Crippen MR) is 89.4 cm³/mol. The number of oxime groups is 1. The number of ether oxygens (including phenoxy) is 1. The van der Waals surface area contributed by atoms with Gasteiger partial charge < -0.3 is 4.74 Å². The zero-order valence-corrected chi connectivity index (χ0v) is 15.0. The van der Waals surface area contributed by atoms with E-state index in [-0.39, 0.29) is 10.5 Å². The van der Waals surface area contributed by atoms with Gasteiger partial charge in [0.15, 0.2) is 5.71 Å². The Morgan fingerprint density at radius 3 is 2.26 bits per heavy atom. The maximum atomic E-state index is 12.9. The first-order chi connectivity index (χ1) is 12.5. The van der Waals surface area contributed by atoms with Gasteiger partial charge >= 0.3 is 22.3 Å². The van der Waals surface area contributed by atoms with Crippen molar-refractivity contribution in [2.45, 2.75) is 18.0 Å². The summed E-state index contributed by atoms with van der Waals surface area (Å²) in [6.07, 6.45) is -4.66. The number of halogens is 3. The van der Waals surface area contributed by atoms with Crippen LogP contribution in [0.1, 0.15) is 16.7 Å². The molecular weight excluding hydrogens is 387 g/mol. The van der Waals surface area contributed by atoms with Crippen LogP contribution >= 0.6 is 0 Å². The summed E-state index contributed by atoms with van der Waals surface area (Å²) in [5.74, 6) is -1.16. The molecule has 0 fully saturated rings. The van der Waals surface area contributed by atoms with Crippen LogP contribution in [0.2, 0.25) is 0 Å². The first-order valence-electron chi connectivity index (χ1n) is 7.39. The summed E-state index contributed by atoms with van der Waals surface area (Å²) in [6, 6.07) is 9.20. The molecule has 0 bridgehead atoms. The maximum absolute atomic E-state index is 12.9. The van der Waals surface area contributed by atoms with E-state index in [0.29, 0.717) is 6.07 Å². The highest BCUT2D eigenvalue weighted by molar-refractivity contribution is 7.86. The smallest absolute Gasteiger partial charge is 0.416 e. The van der Waals surface area contributed by atoms with Crippen molar-refractivity contribution in [3.05, 3.63) is 65.2 Å². The van der Waals surface area contributed by atoms with Crippen molar-refractivity contribution in [2.75, 3.05) is 7.11 Å². The minimum absolute atomic E-state index is 0.231. The first kappa shape index (κ1) is 20.4. The molecule has 0 amide bonds. The summed E-state index contributed by atoms with van der Waals surface area (Å²) >= 11 is 0. The van der Waals surface area contributed by atoms with Gasteiger partial charge in [0.2, 0.25) is 0 Å². The molecule has 0 heterocycles. The third-order valence-electron chi connectivity index (χ3n) is 3.38. The monoisotopic (exact) mass is 401 g/mol. The van der Waals surface area contributed by atoms with Crippen LogP contribution in [0.5, 0.6) is 0 Å². The standard InChI is InChI=1S/C17H14F3NO5S/c1-11-6-8-14(9-7-11)27(23,24)26-21-15(16(22)25-2)12-4-3-5-13(10-12)17(18,19)20/h3-10H,1-2H3. The molecule has 2 aromatic carbocycles. The van der Waals surface area contributed by atoms with Crippen LogP contribution in [0.4, 0.5) is 13.2 Å². The predicted octanol–water partition coefficient (Wildman–Crippen LogP) is 3.30. The largest absolute Gasteiger partial charge is 0.464 e. The summed E-state index contributed by atoms with van der Waals surface area (Å²) in [5.41, 5.74) is -1.27. The highest BCUT2D eigenvalue weighted by Gasteiger charge is 2.31. The number of nitrogens with zero attached hydrogens (tertiary/aromatic N) is 1. The van der Waals surface area contributed by atoms with E-state index in [0.717, 1.165) is 30.9 Å². The molecule has 0 N–H and O–H groups in total. The maximum Gasteiger partial charge on any atom is 0.416 e. The minimum Gasteiger partial charge on any atom is -0.464 e. The van der Waals surface area contributed by atoms with Gasteiger partial charge in [-0.15, -0.1) is 0 Å². The number of esters is 1. The summed E-state index contributed by atoms with van der Waals surface area (Å²) in [4.78, 5) is 11.6. The molecule has 6 nitrogen and oxygen atoms in total. The number of hydrogen-bond acceptors (Lipinski definition) is 6. The fraction of sp³-hybridized carbons (Fsp3) is 0.176. The van der Waals surface area contributed by atoms with Crippen LogP contribution in [-0.2, 0) is 30.1 Å². The Hall–Kier alpha value is -2.88. The molecular formula is C17H14F3NO5S. The zero-order chi connectivity index (χ0) is 20.2. The van der Waals surface area contributed by atoms with E-state index in [1.54, 1.807) is 6.92 Å². The Kier molecular flexibility index (Phi) is 5.89. The van der Waals surface area contributed by atoms with Gasteiger partial charge in [-0.2, -0.15) is 21.6 Å². The van der Waals surface area contributed by atoms with E-state index < -0.39 is 33.5 Å². The van der Waals surface area contributed by atoms with Gasteiger partial charge in [-0.1, -0.05) is 35.0 Å². The number of benzene rings is 2. The zero-order valence-electron chi connectivity index (χ0n) is 14.1. The molecule has 144 valence electrons. The van der Waals surface area contributed by atoms with Crippen molar-refractivity contribution in [1.29, 1.82) is 0 Å². The highest BCUT2D eigenvalue weighted by atomic mass is 32.2. The van der Waals surface area contributed by atoms with Gasteiger partial charge in [-0.05, 0) is 31.2 Å². The van der Waals surface area contributed by atoms with Crippen molar-refractivity contribution >= 4 is 21.8 Å². The van der Waals surface area contributed by atoms with Crippen molar-refractivity contribution in [2.24, 2.45) is 5.16 Å². The summed E-state index contributed by atoms with van der Waals surface area (Å²) in [6.45, 7) is 1.75. The lowest BCUT2D eigenvalue weighted by Crippen LogP contribution is -2.19. The lowest BCUT2D eigenvalue weighted by Gasteiger charge is -2.09. The van der Waals surface area contributed by atoms with Gasteiger partial charge in [-0.3, -0.25) is 4.28 Å².